The highest BCUT2D eigenvalue weighted by atomic mass is 79.9. The van der Waals surface area contributed by atoms with E-state index in [1.807, 2.05) is 36.4 Å². The molecule has 2 aromatic carbocycles. The molecule has 0 aromatic heterocycles. The van der Waals surface area contributed by atoms with Gasteiger partial charge in [0.2, 0.25) is 0 Å². The van der Waals surface area contributed by atoms with Gasteiger partial charge in [0, 0.05) is 16.1 Å². The monoisotopic (exact) mass is 333 g/mol. The number of nitrogens with two attached hydrogens (primary N) is 1. The van der Waals surface area contributed by atoms with Crippen LogP contribution in [0, 0.1) is 0 Å². The van der Waals surface area contributed by atoms with Crippen LogP contribution in [0.2, 0.25) is 0 Å². The van der Waals surface area contributed by atoms with E-state index in [1.54, 1.807) is 0 Å². The molecule has 0 saturated carbocycles. The third kappa shape index (κ3) is 4.09. The first-order chi connectivity index (χ1) is 9.70. The van der Waals surface area contributed by atoms with Gasteiger partial charge in [0.15, 0.2) is 0 Å². The molecule has 20 heavy (non-hydrogen) atoms. The van der Waals surface area contributed by atoms with Gasteiger partial charge in [0.05, 0.1) is 0 Å². The second-order valence-electron chi connectivity index (χ2n) is 4.86. The van der Waals surface area contributed by atoms with Gasteiger partial charge in [-0.25, -0.2) is 0 Å². The molecule has 106 valence electrons. The SMILES string of the molecule is CCC(N)Cc1c(Br)cccc1OCc1ccccc1. The maximum absolute atomic E-state index is 6.07. The molecule has 0 aliphatic heterocycles. The van der Waals surface area contributed by atoms with Crippen LogP contribution in [0.3, 0.4) is 0 Å². The van der Waals surface area contributed by atoms with Gasteiger partial charge in [-0.1, -0.05) is 59.3 Å². The van der Waals surface area contributed by atoms with Crippen LogP contribution in [-0.2, 0) is 13.0 Å². The van der Waals surface area contributed by atoms with Gasteiger partial charge in [-0.15, -0.1) is 0 Å². The van der Waals surface area contributed by atoms with Crippen molar-refractivity contribution in [2.24, 2.45) is 5.73 Å². The number of benzene rings is 2. The molecule has 1 atom stereocenters. The topological polar surface area (TPSA) is 35.2 Å². The zero-order valence-electron chi connectivity index (χ0n) is 11.7. The van der Waals surface area contributed by atoms with Crippen molar-refractivity contribution in [1.29, 1.82) is 0 Å². The first kappa shape index (κ1) is 15.1. The molecule has 0 fully saturated rings. The van der Waals surface area contributed by atoms with Crippen molar-refractivity contribution < 1.29 is 4.74 Å². The summed E-state index contributed by atoms with van der Waals surface area (Å²) in [4.78, 5) is 0. The molecular formula is C17H20BrNO. The fourth-order valence-corrected chi connectivity index (χ4v) is 2.52. The van der Waals surface area contributed by atoms with Gasteiger partial charge in [-0.3, -0.25) is 0 Å². The van der Waals surface area contributed by atoms with Gasteiger partial charge in [-0.2, -0.15) is 0 Å². The molecule has 0 radical (unpaired) electrons. The third-order valence-corrected chi connectivity index (χ3v) is 4.05. The van der Waals surface area contributed by atoms with Crippen LogP contribution >= 0.6 is 15.9 Å². The average Bonchev–Trinajstić information content (AvgIpc) is 2.48. The minimum Gasteiger partial charge on any atom is -0.489 e. The highest BCUT2D eigenvalue weighted by molar-refractivity contribution is 9.10. The van der Waals surface area contributed by atoms with E-state index >= 15 is 0 Å². The predicted octanol–water partition coefficient (Wildman–Crippen LogP) is 4.31. The molecule has 0 aliphatic rings. The maximum atomic E-state index is 6.07. The fourth-order valence-electron chi connectivity index (χ4n) is 2.01. The Labute approximate surface area is 129 Å². The lowest BCUT2D eigenvalue weighted by Gasteiger charge is -2.16. The van der Waals surface area contributed by atoms with Gasteiger partial charge in [0.1, 0.15) is 12.4 Å². The summed E-state index contributed by atoms with van der Waals surface area (Å²) in [7, 11) is 0. The van der Waals surface area contributed by atoms with Crippen LogP contribution in [0.5, 0.6) is 5.75 Å². The van der Waals surface area contributed by atoms with Gasteiger partial charge < -0.3 is 10.5 Å². The molecule has 3 heteroatoms. The van der Waals surface area contributed by atoms with Crippen LogP contribution in [0.15, 0.2) is 53.0 Å². The van der Waals surface area contributed by atoms with Crippen LogP contribution in [0.4, 0.5) is 0 Å². The standard InChI is InChI=1S/C17H20BrNO/c1-2-14(19)11-15-16(18)9-6-10-17(15)20-12-13-7-4-3-5-8-13/h3-10,14H,2,11-12,19H2,1H3. The zero-order chi connectivity index (χ0) is 14.4. The average molecular weight is 334 g/mol. The molecule has 2 N–H and O–H groups in total. The van der Waals surface area contributed by atoms with Gasteiger partial charge in [-0.05, 0) is 30.5 Å². The number of hydrogen-bond acceptors (Lipinski definition) is 2. The summed E-state index contributed by atoms with van der Waals surface area (Å²) >= 11 is 3.60. The van der Waals surface area contributed by atoms with Crippen LogP contribution in [-0.4, -0.2) is 6.04 Å². The summed E-state index contributed by atoms with van der Waals surface area (Å²) in [5, 5.41) is 0. The van der Waals surface area contributed by atoms with E-state index in [0.717, 1.165) is 28.6 Å². The Morgan fingerprint density at radius 3 is 2.55 bits per heavy atom. The Bertz CT molecular complexity index is 542. The van der Waals surface area contributed by atoms with Gasteiger partial charge in [0.25, 0.3) is 0 Å². The van der Waals surface area contributed by atoms with Crippen molar-refractivity contribution in [3.63, 3.8) is 0 Å². The van der Waals surface area contributed by atoms with Crippen LogP contribution in [0.1, 0.15) is 24.5 Å². The van der Waals surface area contributed by atoms with Crippen LogP contribution in [0.25, 0.3) is 0 Å². The van der Waals surface area contributed by atoms with Crippen molar-refractivity contribution in [1.82, 2.24) is 0 Å². The lowest BCUT2D eigenvalue weighted by atomic mass is 10.0. The Morgan fingerprint density at radius 1 is 1.10 bits per heavy atom. The Hall–Kier alpha value is -1.32. The Morgan fingerprint density at radius 2 is 1.85 bits per heavy atom. The summed E-state index contributed by atoms with van der Waals surface area (Å²) in [6, 6.07) is 16.4. The molecule has 0 aliphatic carbocycles. The largest absolute Gasteiger partial charge is 0.489 e. The quantitative estimate of drug-likeness (QED) is 0.854. The second-order valence-corrected chi connectivity index (χ2v) is 5.72. The lowest BCUT2D eigenvalue weighted by molar-refractivity contribution is 0.302. The van der Waals surface area contributed by atoms with E-state index < -0.39 is 0 Å². The minimum absolute atomic E-state index is 0.160. The maximum Gasteiger partial charge on any atom is 0.124 e. The van der Waals surface area contributed by atoms with Crippen molar-refractivity contribution in [2.45, 2.75) is 32.4 Å². The molecule has 2 aromatic rings. The van der Waals surface area contributed by atoms with Crippen molar-refractivity contribution in [3.8, 4) is 5.75 Å². The molecule has 0 saturated heterocycles. The number of ether oxygens (including phenoxy) is 1. The van der Waals surface area contributed by atoms with E-state index in [0.29, 0.717) is 6.61 Å². The van der Waals surface area contributed by atoms with E-state index in [-0.39, 0.29) is 6.04 Å². The molecule has 0 heterocycles. The van der Waals surface area contributed by atoms with Gasteiger partial charge >= 0.3 is 0 Å². The smallest absolute Gasteiger partial charge is 0.124 e. The summed E-state index contributed by atoms with van der Waals surface area (Å²) in [5.41, 5.74) is 8.39. The Balaban J connectivity index is 2.12. The molecule has 2 rings (SSSR count). The number of hydrogen-bond donors (Lipinski definition) is 1. The van der Waals surface area contributed by atoms with Crippen molar-refractivity contribution >= 4 is 15.9 Å². The highest BCUT2D eigenvalue weighted by Gasteiger charge is 2.11. The molecule has 1 unspecified atom stereocenters. The third-order valence-electron chi connectivity index (χ3n) is 3.30. The Kier molecular flexibility index (Phi) is 5.62. The predicted molar refractivity (Wildman–Crippen MR) is 86.9 cm³/mol. The number of halogens is 1. The summed E-state index contributed by atoms with van der Waals surface area (Å²) in [6.07, 6.45) is 1.78. The van der Waals surface area contributed by atoms with E-state index in [4.69, 9.17) is 10.5 Å². The lowest BCUT2D eigenvalue weighted by Crippen LogP contribution is -2.22. The molecule has 0 amide bonds. The molecule has 0 spiro atoms. The second kappa shape index (κ2) is 7.46. The van der Waals surface area contributed by atoms with E-state index in [1.165, 1.54) is 5.56 Å². The first-order valence-electron chi connectivity index (χ1n) is 6.90. The molecule has 2 nitrogen and oxygen atoms in total. The summed E-state index contributed by atoms with van der Waals surface area (Å²) in [6.45, 7) is 2.68. The fraction of sp³-hybridized carbons (Fsp3) is 0.294. The highest BCUT2D eigenvalue weighted by Crippen LogP contribution is 2.29. The molecule has 0 bridgehead atoms. The minimum atomic E-state index is 0.160. The molecular weight excluding hydrogens is 314 g/mol. The normalized spacial score (nSPS) is 12.2. The van der Waals surface area contributed by atoms with Crippen molar-refractivity contribution in [3.05, 3.63) is 64.1 Å². The van der Waals surface area contributed by atoms with Crippen molar-refractivity contribution in [2.75, 3.05) is 0 Å². The van der Waals surface area contributed by atoms with Crippen LogP contribution < -0.4 is 10.5 Å². The summed E-state index contributed by atoms with van der Waals surface area (Å²) in [5.74, 6) is 0.909. The number of rotatable bonds is 6. The zero-order valence-corrected chi connectivity index (χ0v) is 13.3. The first-order valence-corrected chi connectivity index (χ1v) is 7.69. The van der Waals surface area contributed by atoms with E-state index in [9.17, 15) is 0 Å². The summed E-state index contributed by atoms with van der Waals surface area (Å²) < 4.78 is 7.03. The van der Waals surface area contributed by atoms with E-state index in [2.05, 4.69) is 35.0 Å².